The van der Waals surface area contributed by atoms with Crippen LogP contribution >= 0.6 is 0 Å². The van der Waals surface area contributed by atoms with E-state index in [1.165, 1.54) is 0 Å². The third-order valence-corrected chi connectivity index (χ3v) is 3.11. The number of anilines is 1. The number of carbonyl (C=O) groups excluding carboxylic acids is 1. The van der Waals surface area contributed by atoms with E-state index in [1.54, 1.807) is 53.3 Å². The number of amides is 1. The van der Waals surface area contributed by atoms with Gasteiger partial charge in [0, 0.05) is 24.3 Å². The second-order valence-corrected chi connectivity index (χ2v) is 4.56. The Labute approximate surface area is 115 Å². The molecule has 3 rings (SSSR count). The molecule has 0 fully saturated rings. The number of phenolic OH excluding ortho intramolecular Hbond substituents is 1. The van der Waals surface area contributed by atoms with E-state index < -0.39 is 0 Å². The van der Waals surface area contributed by atoms with Crippen molar-refractivity contribution < 1.29 is 9.90 Å². The quantitative estimate of drug-likeness (QED) is 0.701. The van der Waals surface area contributed by atoms with Crippen molar-refractivity contribution in [2.75, 3.05) is 5.32 Å². The zero-order valence-electron chi connectivity index (χ0n) is 10.9. The van der Waals surface area contributed by atoms with Gasteiger partial charge in [-0.1, -0.05) is 0 Å². The molecule has 0 bridgehead atoms. The van der Waals surface area contributed by atoms with Gasteiger partial charge in [-0.2, -0.15) is 0 Å². The van der Waals surface area contributed by atoms with Gasteiger partial charge in [0.1, 0.15) is 11.4 Å². The standard InChI is InChI=1S/C15H13N3O2/c1-10-8-12(19)3-4-13(10)17-15(20)11-2-5-14-16-6-7-18(14)9-11/h2-9,19H,1H3,(H,17,20). The summed E-state index contributed by atoms with van der Waals surface area (Å²) < 4.78 is 1.79. The summed E-state index contributed by atoms with van der Waals surface area (Å²) in [6.07, 6.45) is 5.20. The summed E-state index contributed by atoms with van der Waals surface area (Å²) in [5.41, 5.74) is 2.82. The van der Waals surface area contributed by atoms with Crippen LogP contribution < -0.4 is 5.32 Å². The van der Waals surface area contributed by atoms with Gasteiger partial charge in [0.25, 0.3) is 5.91 Å². The number of phenols is 1. The number of carbonyl (C=O) groups is 1. The summed E-state index contributed by atoms with van der Waals surface area (Å²) in [7, 11) is 0. The van der Waals surface area contributed by atoms with E-state index in [9.17, 15) is 9.90 Å². The minimum absolute atomic E-state index is 0.181. The molecular weight excluding hydrogens is 254 g/mol. The van der Waals surface area contributed by atoms with Crippen molar-refractivity contribution in [1.29, 1.82) is 0 Å². The number of aryl methyl sites for hydroxylation is 1. The van der Waals surface area contributed by atoms with Gasteiger partial charge in [0.2, 0.25) is 0 Å². The molecule has 0 unspecified atom stereocenters. The topological polar surface area (TPSA) is 66.6 Å². The highest BCUT2D eigenvalue weighted by molar-refractivity contribution is 6.04. The fourth-order valence-corrected chi connectivity index (χ4v) is 2.04. The monoisotopic (exact) mass is 267 g/mol. The smallest absolute Gasteiger partial charge is 0.257 e. The summed E-state index contributed by atoms with van der Waals surface area (Å²) in [4.78, 5) is 16.3. The predicted octanol–water partition coefficient (Wildman–Crippen LogP) is 2.60. The Hall–Kier alpha value is -2.82. The third-order valence-electron chi connectivity index (χ3n) is 3.11. The van der Waals surface area contributed by atoms with Crippen LogP contribution in [0.1, 0.15) is 15.9 Å². The fraction of sp³-hybridized carbons (Fsp3) is 0.0667. The molecular formula is C15H13N3O2. The predicted molar refractivity (Wildman–Crippen MR) is 76.0 cm³/mol. The van der Waals surface area contributed by atoms with Crippen LogP contribution in [0.25, 0.3) is 5.65 Å². The first kappa shape index (κ1) is 12.2. The third kappa shape index (κ3) is 2.21. The van der Waals surface area contributed by atoms with E-state index in [1.807, 2.05) is 6.92 Å². The lowest BCUT2D eigenvalue weighted by atomic mass is 10.1. The van der Waals surface area contributed by atoms with Crippen molar-refractivity contribution in [1.82, 2.24) is 9.38 Å². The first-order valence-electron chi connectivity index (χ1n) is 6.17. The SMILES string of the molecule is Cc1cc(O)ccc1NC(=O)c1ccc2nccn2c1. The number of fused-ring (bicyclic) bond motifs is 1. The molecule has 0 aliphatic carbocycles. The van der Waals surface area contributed by atoms with E-state index in [2.05, 4.69) is 10.3 Å². The molecule has 0 aliphatic heterocycles. The number of benzene rings is 1. The van der Waals surface area contributed by atoms with Crippen LogP contribution in [0.5, 0.6) is 5.75 Å². The Kier molecular flexibility index (Phi) is 2.87. The molecule has 0 spiro atoms. The van der Waals surface area contributed by atoms with Gasteiger partial charge < -0.3 is 14.8 Å². The molecule has 2 N–H and O–H groups in total. The largest absolute Gasteiger partial charge is 0.508 e. The number of nitrogens with one attached hydrogen (secondary N) is 1. The Morgan fingerprint density at radius 2 is 2.15 bits per heavy atom. The molecule has 1 aromatic carbocycles. The molecule has 0 atom stereocenters. The average molecular weight is 267 g/mol. The summed E-state index contributed by atoms with van der Waals surface area (Å²) in [6, 6.07) is 8.35. The summed E-state index contributed by atoms with van der Waals surface area (Å²) in [5.74, 6) is -0.0188. The minimum atomic E-state index is -0.200. The van der Waals surface area contributed by atoms with Crippen molar-refractivity contribution >= 4 is 17.2 Å². The molecule has 5 heteroatoms. The highest BCUT2D eigenvalue weighted by Gasteiger charge is 2.09. The molecule has 0 saturated heterocycles. The minimum Gasteiger partial charge on any atom is -0.508 e. The van der Waals surface area contributed by atoms with Crippen molar-refractivity contribution in [3.63, 3.8) is 0 Å². The maximum atomic E-state index is 12.2. The van der Waals surface area contributed by atoms with E-state index in [-0.39, 0.29) is 11.7 Å². The highest BCUT2D eigenvalue weighted by atomic mass is 16.3. The normalized spacial score (nSPS) is 10.7. The Morgan fingerprint density at radius 3 is 2.95 bits per heavy atom. The average Bonchev–Trinajstić information content (AvgIpc) is 2.89. The number of imidazole rings is 1. The number of nitrogens with zero attached hydrogens (tertiary/aromatic N) is 2. The molecule has 0 saturated carbocycles. The van der Waals surface area contributed by atoms with Crippen molar-refractivity contribution in [2.24, 2.45) is 0 Å². The molecule has 1 amide bonds. The van der Waals surface area contributed by atoms with E-state index in [4.69, 9.17) is 0 Å². The van der Waals surface area contributed by atoms with Crippen LogP contribution in [0, 0.1) is 6.92 Å². The Morgan fingerprint density at radius 1 is 1.30 bits per heavy atom. The van der Waals surface area contributed by atoms with Crippen LogP contribution in [0.15, 0.2) is 48.9 Å². The maximum Gasteiger partial charge on any atom is 0.257 e. The molecule has 2 heterocycles. The zero-order chi connectivity index (χ0) is 14.1. The molecule has 3 aromatic rings. The maximum absolute atomic E-state index is 12.2. The number of aromatic nitrogens is 2. The molecule has 100 valence electrons. The first-order valence-corrected chi connectivity index (χ1v) is 6.17. The van der Waals surface area contributed by atoms with E-state index in [0.717, 1.165) is 11.2 Å². The molecule has 5 nitrogen and oxygen atoms in total. The van der Waals surface area contributed by atoms with Gasteiger partial charge in [-0.05, 0) is 42.8 Å². The summed E-state index contributed by atoms with van der Waals surface area (Å²) in [6.45, 7) is 1.83. The lowest BCUT2D eigenvalue weighted by Gasteiger charge is -2.09. The molecule has 2 aromatic heterocycles. The number of hydrogen-bond acceptors (Lipinski definition) is 3. The van der Waals surface area contributed by atoms with E-state index >= 15 is 0 Å². The lowest BCUT2D eigenvalue weighted by molar-refractivity contribution is 0.102. The van der Waals surface area contributed by atoms with Crippen LogP contribution in [-0.2, 0) is 0 Å². The van der Waals surface area contributed by atoms with Gasteiger partial charge >= 0.3 is 0 Å². The van der Waals surface area contributed by atoms with Crippen LogP contribution in [0.2, 0.25) is 0 Å². The Bertz CT molecular complexity index is 793. The number of rotatable bonds is 2. The molecule has 20 heavy (non-hydrogen) atoms. The summed E-state index contributed by atoms with van der Waals surface area (Å²) >= 11 is 0. The summed E-state index contributed by atoms with van der Waals surface area (Å²) in [5, 5.41) is 12.2. The second kappa shape index (κ2) is 4.70. The van der Waals surface area contributed by atoms with Crippen molar-refractivity contribution in [3.05, 3.63) is 60.0 Å². The lowest BCUT2D eigenvalue weighted by Crippen LogP contribution is -2.13. The molecule has 0 radical (unpaired) electrons. The number of pyridine rings is 1. The van der Waals surface area contributed by atoms with Crippen LogP contribution in [0.4, 0.5) is 5.69 Å². The van der Waals surface area contributed by atoms with Gasteiger partial charge in [-0.15, -0.1) is 0 Å². The van der Waals surface area contributed by atoms with Crippen LogP contribution in [-0.4, -0.2) is 20.4 Å². The van der Waals surface area contributed by atoms with Gasteiger partial charge in [-0.3, -0.25) is 4.79 Å². The fourth-order valence-electron chi connectivity index (χ4n) is 2.04. The van der Waals surface area contributed by atoms with Gasteiger partial charge in [0.05, 0.1) is 5.56 Å². The van der Waals surface area contributed by atoms with Gasteiger partial charge in [-0.25, -0.2) is 4.98 Å². The highest BCUT2D eigenvalue weighted by Crippen LogP contribution is 2.20. The van der Waals surface area contributed by atoms with Crippen molar-refractivity contribution in [3.8, 4) is 5.75 Å². The Balaban J connectivity index is 1.88. The first-order chi connectivity index (χ1) is 9.63. The van der Waals surface area contributed by atoms with Crippen LogP contribution in [0.3, 0.4) is 0 Å². The zero-order valence-corrected chi connectivity index (χ0v) is 10.9. The molecule has 0 aliphatic rings. The van der Waals surface area contributed by atoms with Crippen molar-refractivity contribution in [2.45, 2.75) is 6.92 Å². The number of aromatic hydroxyl groups is 1. The number of hydrogen-bond donors (Lipinski definition) is 2. The second-order valence-electron chi connectivity index (χ2n) is 4.56. The van der Waals surface area contributed by atoms with E-state index in [0.29, 0.717) is 11.3 Å². The van der Waals surface area contributed by atoms with Gasteiger partial charge in [0.15, 0.2) is 0 Å².